The van der Waals surface area contributed by atoms with Gasteiger partial charge in [0.2, 0.25) is 0 Å². The third-order valence-corrected chi connectivity index (χ3v) is 7.20. The van der Waals surface area contributed by atoms with Crippen LogP contribution in [0.1, 0.15) is 54.4 Å². The van der Waals surface area contributed by atoms with Gasteiger partial charge in [-0.2, -0.15) is 0 Å². The van der Waals surface area contributed by atoms with Crippen molar-refractivity contribution in [3.63, 3.8) is 0 Å². The number of benzene rings is 2. The quantitative estimate of drug-likeness (QED) is 0.702. The van der Waals surface area contributed by atoms with Crippen molar-refractivity contribution < 1.29 is 13.5 Å². The van der Waals surface area contributed by atoms with Crippen LogP contribution in [0.5, 0.6) is 5.75 Å². The Labute approximate surface area is 171 Å². The number of hydrogen-bond donors (Lipinski definition) is 0. The Morgan fingerprint density at radius 2 is 1.66 bits per heavy atom. The zero-order valence-corrected chi connectivity index (χ0v) is 17.0. The lowest BCUT2D eigenvalue weighted by molar-refractivity contribution is -0.0150. The molecule has 2 nitrogen and oxygen atoms in total. The first kappa shape index (κ1) is 19.0. The van der Waals surface area contributed by atoms with Crippen LogP contribution in [0, 0.1) is 11.6 Å². The van der Waals surface area contributed by atoms with E-state index in [0.29, 0.717) is 0 Å². The highest BCUT2D eigenvalue weighted by molar-refractivity contribution is 5.49. The molecule has 0 amide bonds. The summed E-state index contributed by atoms with van der Waals surface area (Å²) < 4.78 is 33.3. The van der Waals surface area contributed by atoms with Gasteiger partial charge >= 0.3 is 0 Å². The summed E-state index contributed by atoms with van der Waals surface area (Å²) in [7, 11) is 0. The minimum atomic E-state index is -0.773. The van der Waals surface area contributed by atoms with Crippen molar-refractivity contribution in [1.29, 1.82) is 0 Å². The fraction of sp³-hybridized carbons (Fsp3) is 0.520. The van der Waals surface area contributed by atoms with E-state index in [2.05, 4.69) is 17.0 Å². The molecule has 29 heavy (non-hydrogen) atoms. The highest BCUT2D eigenvalue weighted by Crippen LogP contribution is 2.43. The van der Waals surface area contributed by atoms with E-state index in [0.717, 1.165) is 63.7 Å². The van der Waals surface area contributed by atoms with E-state index in [1.165, 1.54) is 53.8 Å². The second-order valence-corrected chi connectivity index (χ2v) is 9.02. The molecular formula is C25H29F2NO. The minimum Gasteiger partial charge on any atom is -0.487 e. The van der Waals surface area contributed by atoms with E-state index in [9.17, 15) is 8.78 Å². The van der Waals surface area contributed by atoms with Crippen LogP contribution >= 0.6 is 0 Å². The third-order valence-electron chi connectivity index (χ3n) is 7.20. The van der Waals surface area contributed by atoms with Crippen molar-refractivity contribution in [2.75, 3.05) is 19.6 Å². The molecule has 154 valence electrons. The molecule has 3 aliphatic rings. The number of fused-ring (bicyclic) bond motifs is 3. The van der Waals surface area contributed by atoms with Gasteiger partial charge in [0.1, 0.15) is 11.4 Å². The fourth-order valence-corrected chi connectivity index (χ4v) is 5.32. The molecule has 2 aromatic carbocycles. The molecule has 5 rings (SSSR count). The normalized spacial score (nSPS) is 20.8. The van der Waals surface area contributed by atoms with Crippen molar-refractivity contribution in [2.45, 2.75) is 63.4 Å². The number of rotatable bonds is 3. The standard InChI is InChI=1S/C25H29F2NO/c26-22-8-5-18(17-23(22)27)10-14-28-15-12-25(13-16-28)11-9-20-7-6-19-3-1-2-4-21(19)24(20)29-25/h5-8,17H,1-4,9-16H2. The van der Waals surface area contributed by atoms with Gasteiger partial charge < -0.3 is 9.64 Å². The van der Waals surface area contributed by atoms with Crippen LogP contribution in [0.2, 0.25) is 0 Å². The first-order valence-corrected chi connectivity index (χ1v) is 11.1. The molecule has 4 heteroatoms. The second kappa shape index (κ2) is 7.71. The smallest absolute Gasteiger partial charge is 0.159 e. The number of hydrogen-bond acceptors (Lipinski definition) is 2. The van der Waals surface area contributed by atoms with Crippen molar-refractivity contribution in [3.8, 4) is 5.75 Å². The van der Waals surface area contributed by atoms with Gasteiger partial charge in [-0.25, -0.2) is 8.78 Å². The van der Waals surface area contributed by atoms with Crippen LogP contribution in [0.3, 0.4) is 0 Å². The summed E-state index contributed by atoms with van der Waals surface area (Å²) in [5, 5.41) is 0. The van der Waals surface area contributed by atoms with Crippen LogP contribution in [-0.4, -0.2) is 30.1 Å². The van der Waals surface area contributed by atoms with Gasteiger partial charge in [0.05, 0.1) is 0 Å². The van der Waals surface area contributed by atoms with Gasteiger partial charge in [-0.05, 0) is 92.2 Å². The molecule has 0 saturated carbocycles. The lowest BCUT2D eigenvalue weighted by Crippen LogP contribution is -2.50. The van der Waals surface area contributed by atoms with Crippen LogP contribution in [-0.2, 0) is 25.7 Å². The summed E-state index contributed by atoms with van der Waals surface area (Å²) in [4.78, 5) is 2.44. The van der Waals surface area contributed by atoms with Gasteiger partial charge in [0.25, 0.3) is 0 Å². The number of aryl methyl sites for hydroxylation is 2. The van der Waals surface area contributed by atoms with Gasteiger partial charge in [-0.15, -0.1) is 0 Å². The summed E-state index contributed by atoms with van der Waals surface area (Å²) >= 11 is 0. The average molecular weight is 398 g/mol. The first-order valence-electron chi connectivity index (χ1n) is 11.1. The molecule has 1 aliphatic carbocycles. The Kier molecular flexibility index (Phi) is 5.07. The maximum absolute atomic E-state index is 13.4. The molecule has 1 fully saturated rings. The van der Waals surface area contributed by atoms with E-state index in [1.807, 2.05) is 0 Å². The van der Waals surface area contributed by atoms with E-state index >= 15 is 0 Å². The molecular weight excluding hydrogens is 368 g/mol. The number of ether oxygens (including phenoxy) is 1. The summed E-state index contributed by atoms with van der Waals surface area (Å²) in [5.41, 5.74) is 5.22. The van der Waals surface area contributed by atoms with Crippen molar-refractivity contribution in [3.05, 3.63) is 64.2 Å². The summed E-state index contributed by atoms with van der Waals surface area (Å²) in [5.74, 6) is -0.313. The predicted octanol–water partition coefficient (Wildman–Crippen LogP) is 5.25. The fourth-order valence-electron chi connectivity index (χ4n) is 5.32. The number of halogens is 2. The topological polar surface area (TPSA) is 12.5 Å². The molecule has 2 heterocycles. The first-order chi connectivity index (χ1) is 14.1. The van der Waals surface area contributed by atoms with E-state index < -0.39 is 11.6 Å². The summed E-state index contributed by atoms with van der Waals surface area (Å²) in [6.45, 7) is 2.90. The van der Waals surface area contributed by atoms with Crippen LogP contribution < -0.4 is 4.74 Å². The summed E-state index contributed by atoms with van der Waals surface area (Å²) in [6.07, 6.45) is 10.0. The molecule has 0 aromatic heterocycles. The predicted molar refractivity (Wildman–Crippen MR) is 111 cm³/mol. The van der Waals surface area contributed by atoms with Crippen LogP contribution in [0.25, 0.3) is 0 Å². The van der Waals surface area contributed by atoms with Crippen LogP contribution in [0.4, 0.5) is 8.78 Å². The highest BCUT2D eigenvalue weighted by atomic mass is 19.2. The molecule has 2 aromatic rings. The molecule has 1 spiro atoms. The van der Waals surface area contributed by atoms with E-state index in [-0.39, 0.29) is 5.60 Å². The number of piperidine rings is 1. The molecule has 0 atom stereocenters. The molecule has 0 unspecified atom stereocenters. The minimum absolute atomic E-state index is 0.0158. The number of nitrogens with zero attached hydrogens (tertiary/aromatic N) is 1. The maximum atomic E-state index is 13.4. The Balaban J connectivity index is 1.22. The Morgan fingerprint density at radius 1 is 0.862 bits per heavy atom. The van der Waals surface area contributed by atoms with Gasteiger partial charge in [-0.3, -0.25) is 0 Å². The third kappa shape index (κ3) is 3.79. The molecule has 0 radical (unpaired) electrons. The Morgan fingerprint density at radius 3 is 2.48 bits per heavy atom. The maximum Gasteiger partial charge on any atom is 0.159 e. The van der Waals surface area contributed by atoms with Gasteiger partial charge in [0.15, 0.2) is 11.6 Å². The average Bonchev–Trinajstić information content (AvgIpc) is 2.76. The van der Waals surface area contributed by atoms with Gasteiger partial charge in [0, 0.05) is 19.6 Å². The lowest BCUT2D eigenvalue weighted by Gasteiger charge is -2.45. The van der Waals surface area contributed by atoms with Crippen LogP contribution in [0.15, 0.2) is 30.3 Å². The zero-order valence-electron chi connectivity index (χ0n) is 17.0. The zero-order chi connectivity index (χ0) is 19.8. The van der Waals surface area contributed by atoms with Crippen molar-refractivity contribution in [2.24, 2.45) is 0 Å². The Bertz CT molecular complexity index is 902. The van der Waals surface area contributed by atoms with E-state index in [1.54, 1.807) is 6.07 Å². The number of likely N-dealkylation sites (tertiary alicyclic amines) is 1. The largest absolute Gasteiger partial charge is 0.487 e. The SMILES string of the molecule is Fc1ccc(CCN2CCC3(CCc4ccc5c(c4O3)CCCC5)CC2)cc1F. The highest BCUT2D eigenvalue weighted by Gasteiger charge is 2.40. The molecule has 2 aliphatic heterocycles. The molecule has 0 N–H and O–H groups in total. The molecule has 1 saturated heterocycles. The van der Waals surface area contributed by atoms with Gasteiger partial charge in [-0.1, -0.05) is 18.2 Å². The Hall–Kier alpha value is -1.94. The van der Waals surface area contributed by atoms with E-state index in [4.69, 9.17) is 4.74 Å². The van der Waals surface area contributed by atoms with Crippen molar-refractivity contribution >= 4 is 0 Å². The van der Waals surface area contributed by atoms with Crippen molar-refractivity contribution in [1.82, 2.24) is 4.90 Å². The monoisotopic (exact) mass is 397 g/mol. The molecule has 0 bridgehead atoms. The second-order valence-electron chi connectivity index (χ2n) is 9.02. The summed E-state index contributed by atoms with van der Waals surface area (Å²) in [6, 6.07) is 8.86. The lowest BCUT2D eigenvalue weighted by atomic mass is 9.80.